The predicted octanol–water partition coefficient (Wildman–Crippen LogP) is 4.59. The fraction of sp³-hybridized carbons (Fsp3) is 0.0500. The molecule has 2 heterocycles. The van der Waals surface area contributed by atoms with E-state index in [4.69, 9.17) is 4.42 Å². The Labute approximate surface area is 148 Å². The van der Waals surface area contributed by atoms with Gasteiger partial charge in [0.25, 0.3) is 5.91 Å². The van der Waals surface area contributed by atoms with Crippen LogP contribution in [0.3, 0.4) is 0 Å². The van der Waals surface area contributed by atoms with Gasteiger partial charge in [0.1, 0.15) is 5.82 Å². The van der Waals surface area contributed by atoms with Gasteiger partial charge in [0.15, 0.2) is 11.2 Å². The standard InChI is InChI=1S/C20H14FN3O2/c1-12-15(20-24-18-17(26-20)6-3-11-22-18)4-2-5-16(12)23-19(25)13-7-9-14(21)10-8-13/h2-11H,1H3,(H,23,25). The first-order valence-electron chi connectivity index (χ1n) is 8.00. The van der Waals surface area contributed by atoms with Gasteiger partial charge in [-0.15, -0.1) is 0 Å². The van der Waals surface area contributed by atoms with Crippen LogP contribution in [0.5, 0.6) is 0 Å². The number of hydrogen-bond acceptors (Lipinski definition) is 4. The molecule has 0 aliphatic heterocycles. The first-order chi connectivity index (χ1) is 12.6. The van der Waals surface area contributed by atoms with E-state index in [1.54, 1.807) is 24.4 Å². The molecule has 0 bridgehead atoms. The van der Waals surface area contributed by atoms with Crippen LogP contribution in [0.4, 0.5) is 10.1 Å². The molecule has 0 unspecified atom stereocenters. The number of hydrogen-bond donors (Lipinski definition) is 1. The SMILES string of the molecule is Cc1c(NC(=O)c2ccc(F)cc2)cccc1-c1nc2ncccc2o1. The van der Waals surface area contributed by atoms with Gasteiger partial charge in [-0.2, -0.15) is 4.98 Å². The summed E-state index contributed by atoms with van der Waals surface area (Å²) < 4.78 is 18.8. The normalized spacial score (nSPS) is 10.8. The average Bonchev–Trinajstić information content (AvgIpc) is 3.08. The molecule has 0 saturated heterocycles. The molecular formula is C20H14FN3O2. The number of nitrogens with one attached hydrogen (secondary N) is 1. The first kappa shape index (κ1) is 16.0. The zero-order valence-corrected chi connectivity index (χ0v) is 13.9. The van der Waals surface area contributed by atoms with Crippen LogP contribution in [0.25, 0.3) is 22.7 Å². The van der Waals surface area contributed by atoms with Crippen LogP contribution >= 0.6 is 0 Å². The van der Waals surface area contributed by atoms with Crippen molar-refractivity contribution in [1.29, 1.82) is 0 Å². The maximum absolute atomic E-state index is 13.0. The molecular weight excluding hydrogens is 333 g/mol. The van der Waals surface area contributed by atoms with Crippen molar-refractivity contribution in [1.82, 2.24) is 9.97 Å². The van der Waals surface area contributed by atoms with Gasteiger partial charge in [-0.3, -0.25) is 4.79 Å². The van der Waals surface area contributed by atoms with E-state index in [2.05, 4.69) is 15.3 Å². The third-order valence-electron chi connectivity index (χ3n) is 4.08. The number of nitrogens with zero attached hydrogens (tertiary/aromatic N) is 2. The van der Waals surface area contributed by atoms with E-state index in [0.29, 0.717) is 28.4 Å². The fourth-order valence-corrected chi connectivity index (χ4v) is 2.68. The van der Waals surface area contributed by atoms with Crippen LogP contribution in [0, 0.1) is 12.7 Å². The highest BCUT2D eigenvalue weighted by molar-refractivity contribution is 6.05. The number of halogens is 1. The Kier molecular flexibility index (Phi) is 3.93. The molecule has 6 heteroatoms. The third-order valence-corrected chi connectivity index (χ3v) is 4.08. The number of aromatic nitrogens is 2. The fourth-order valence-electron chi connectivity index (χ4n) is 2.68. The Morgan fingerprint density at radius 3 is 2.65 bits per heavy atom. The lowest BCUT2D eigenvalue weighted by Gasteiger charge is -2.11. The van der Waals surface area contributed by atoms with Gasteiger partial charge in [-0.1, -0.05) is 6.07 Å². The number of carbonyl (C=O) groups is 1. The summed E-state index contributed by atoms with van der Waals surface area (Å²) in [5, 5.41) is 2.84. The van der Waals surface area contributed by atoms with Crippen molar-refractivity contribution < 1.29 is 13.6 Å². The highest BCUT2D eigenvalue weighted by Crippen LogP contribution is 2.30. The molecule has 26 heavy (non-hydrogen) atoms. The number of amides is 1. The number of anilines is 1. The minimum Gasteiger partial charge on any atom is -0.434 e. The van der Waals surface area contributed by atoms with Gasteiger partial charge in [-0.05, 0) is 61.0 Å². The molecule has 0 radical (unpaired) electrons. The summed E-state index contributed by atoms with van der Waals surface area (Å²) in [5.41, 5.74) is 3.72. The molecule has 2 aromatic carbocycles. The summed E-state index contributed by atoms with van der Waals surface area (Å²) in [6.07, 6.45) is 1.65. The van der Waals surface area contributed by atoms with E-state index in [1.165, 1.54) is 24.3 Å². The minimum atomic E-state index is -0.385. The molecule has 0 saturated carbocycles. The number of carbonyl (C=O) groups excluding carboxylic acids is 1. The Morgan fingerprint density at radius 2 is 1.88 bits per heavy atom. The molecule has 0 fully saturated rings. The van der Waals surface area contributed by atoms with Crippen LogP contribution in [-0.2, 0) is 0 Å². The molecule has 128 valence electrons. The molecule has 0 atom stereocenters. The summed E-state index contributed by atoms with van der Waals surface area (Å²) >= 11 is 0. The van der Waals surface area contributed by atoms with Gasteiger partial charge in [0, 0.05) is 23.0 Å². The predicted molar refractivity (Wildman–Crippen MR) is 96.3 cm³/mol. The summed E-state index contributed by atoms with van der Waals surface area (Å²) in [6, 6.07) is 14.4. The second-order valence-electron chi connectivity index (χ2n) is 5.78. The van der Waals surface area contributed by atoms with Crippen LogP contribution < -0.4 is 5.32 Å². The molecule has 1 amide bonds. The number of fused-ring (bicyclic) bond motifs is 1. The zero-order valence-electron chi connectivity index (χ0n) is 13.9. The van der Waals surface area contributed by atoms with E-state index >= 15 is 0 Å². The molecule has 4 aromatic rings. The molecule has 0 spiro atoms. The maximum Gasteiger partial charge on any atom is 0.255 e. The van der Waals surface area contributed by atoms with Crippen molar-refractivity contribution in [2.45, 2.75) is 6.92 Å². The maximum atomic E-state index is 13.0. The Bertz CT molecular complexity index is 1070. The average molecular weight is 347 g/mol. The molecule has 4 rings (SSSR count). The number of pyridine rings is 1. The summed E-state index contributed by atoms with van der Waals surface area (Å²) in [4.78, 5) is 21.0. The lowest BCUT2D eigenvalue weighted by molar-refractivity contribution is 0.102. The zero-order chi connectivity index (χ0) is 18.1. The van der Waals surface area contributed by atoms with Gasteiger partial charge in [-0.25, -0.2) is 9.37 Å². The Morgan fingerprint density at radius 1 is 1.08 bits per heavy atom. The van der Waals surface area contributed by atoms with Gasteiger partial charge >= 0.3 is 0 Å². The topological polar surface area (TPSA) is 68.0 Å². The van der Waals surface area contributed by atoms with E-state index in [-0.39, 0.29) is 11.7 Å². The van der Waals surface area contributed by atoms with Crippen molar-refractivity contribution in [2.75, 3.05) is 5.32 Å². The van der Waals surface area contributed by atoms with Crippen LogP contribution in [0.15, 0.2) is 65.2 Å². The monoisotopic (exact) mass is 347 g/mol. The van der Waals surface area contributed by atoms with Crippen molar-refractivity contribution in [3.05, 3.63) is 77.7 Å². The first-order valence-corrected chi connectivity index (χ1v) is 8.00. The largest absolute Gasteiger partial charge is 0.434 e. The minimum absolute atomic E-state index is 0.315. The Balaban J connectivity index is 1.67. The number of rotatable bonds is 3. The smallest absolute Gasteiger partial charge is 0.255 e. The molecule has 5 nitrogen and oxygen atoms in total. The highest BCUT2D eigenvalue weighted by atomic mass is 19.1. The van der Waals surface area contributed by atoms with Gasteiger partial charge < -0.3 is 9.73 Å². The highest BCUT2D eigenvalue weighted by Gasteiger charge is 2.15. The molecule has 0 aliphatic carbocycles. The number of benzene rings is 2. The van der Waals surface area contributed by atoms with Crippen molar-refractivity contribution >= 4 is 22.8 Å². The van der Waals surface area contributed by atoms with Crippen molar-refractivity contribution in [3.8, 4) is 11.5 Å². The molecule has 1 N–H and O–H groups in total. The third kappa shape index (κ3) is 2.93. The van der Waals surface area contributed by atoms with E-state index in [0.717, 1.165) is 11.1 Å². The van der Waals surface area contributed by atoms with Crippen molar-refractivity contribution in [3.63, 3.8) is 0 Å². The van der Waals surface area contributed by atoms with E-state index < -0.39 is 0 Å². The lowest BCUT2D eigenvalue weighted by atomic mass is 10.1. The van der Waals surface area contributed by atoms with E-state index in [9.17, 15) is 9.18 Å². The van der Waals surface area contributed by atoms with Gasteiger partial charge in [0.2, 0.25) is 5.89 Å². The van der Waals surface area contributed by atoms with Crippen LogP contribution in [0.2, 0.25) is 0 Å². The summed E-state index contributed by atoms with van der Waals surface area (Å²) in [5.74, 6) is -0.261. The lowest BCUT2D eigenvalue weighted by Crippen LogP contribution is -2.13. The van der Waals surface area contributed by atoms with Crippen molar-refractivity contribution in [2.24, 2.45) is 0 Å². The summed E-state index contributed by atoms with van der Waals surface area (Å²) in [7, 11) is 0. The quantitative estimate of drug-likeness (QED) is 0.588. The van der Waals surface area contributed by atoms with E-state index in [1.807, 2.05) is 19.1 Å². The molecule has 0 aliphatic rings. The number of oxazole rings is 1. The molecule has 2 aromatic heterocycles. The second-order valence-corrected chi connectivity index (χ2v) is 5.78. The summed E-state index contributed by atoms with van der Waals surface area (Å²) in [6.45, 7) is 1.87. The Hall–Kier alpha value is -3.54. The second kappa shape index (κ2) is 6.40. The van der Waals surface area contributed by atoms with Crippen LogP contribution in [-0.4, -0.2) is 15.9 Å². The van der Waals surface area contributed by atoms with Crippen LogP contribution in [0.1, 0.15) is 15.9 Å². The van der Waals surface area contributed by atoms with Gasteiger partial charge in [0.05, 0.1) is 0 Å².